The molecule has 1 spiro atoms. The maximum absolute atomic E-state index is 12.7. The van der Waals surface area contributed by atoms with Gasteiger partial charge in [-0.25, -0.2) is 0 Å². The fraction of sp³-hybridized carbons (Fsp3) is 0.545. The van der Waals surface area contributed by atoms with Gasteiger partial charge in [-0.3, -0.25) is 19.7 Å². The Morgan fingerprint density at radius 3 is 2.36 bits per heavy atom. The number of hydrogen-bond donors (Lipinski definition) is 9. The lowest BCUT2D eigenvalue weighted by Gasteiger charge is -2.24. The van der Waals surface area contributed by atoms with Crippen molar-refractivity contribution in [3.05, 3.63) is 57.2 Å². The molecular formula is C33H45N5O6S. The first-order chi connectivity index (χ1) is 21.3. The summed E-state index contributed by atoms with van der Waals surface area (Å²) >= 11 is 4.44. The van der Waals surface area contributed by atoms with E-state index < -0.39 is 17.6 Å². The third-order valence-corrected chi connectivity index (χ3v) is 10.7. The fourth-order valence-corrected chi connectivity index (χ4v) is 7.94. The number of carboxylic acids is 2. The van der Waals surface area contributed by atoms with E-state index in [1.165, 1.54) is 0 Å². The molecule has 0 radical (unpaired) electrons. The minimum absolute atomic E-state index is 0.0225. The van der Waals surface area contributed by atoms with E-state index >= 15 is 0 Å². The van der Waals surface area contributed by atoms with Crippen molar-refractivity contribution in [3.63, 3.8) is 0 Å². The number of aromatic nitrogens is 1. The second-order valence-corrected chi connectivity index (χ2v) is 13.3. The van der Waals surface area contributed by atoms with Crippen molar-refractivity contribution in [3.8, 4) is 0 Å². The predicted octanol–water partition coefficient (Wildman–Crippen LogP) is 1.56. The third-order valence-electron chi connectivity index (χ3n) is 10.5. The lowest BCUT2D eigenvalue weighted by atomic mass is 9.83. The van der Waals surface area contributed by atoms with Crippen molar-refractivity contribution in [1.82, 2.24) is 26.3 Å². The summed E-state index contributed by atoms with van der Waals surface area (Å²) in [6.45, 7) is 11.8. The highest BCUT2D eigenvalue weighted by Gasteiger charge is 2.66. The van der Waals surface area contributed by atoms with Gasteiger partial charge >= 0.3 is 11.9 Å². The molecule has 0 bridgehead atoms. The average molecular weight is 640 g/mol. The molecule has 8 N–H and O–H groups in total. The number of thiol groups is 1. The molecule has 5 heterocycles. The number of aliphatic carboxylic acids is 2. The van der Waals surface area contributed by atoms with Crippen LogP contribution in [0.1, 0.15) is 57.6 Å². The van der Waals surface area contributed by atoms with E-state index in [2.05, 4.69) is 52.4 Å². The Morgan fingerprint density at radius 1 is 1.04 bits per heavy atom. The number of H-pyrrole nitrogens is 1. The number of carboxylic acid groups (broad SMARTS) is 2. The molecule has 0 aliphatic carbocycles. The smallest absolute Gasteiger partial charge is 0.303 e. The maximum Gasteiger partial charge on any atom is 0.303 e. The highest BCUT2D eigenvalue weighted by atomic mass is 32.1. The molecule has 1 aromatic rings. The monoisotopic (exact) mass is 639 g/mol. The Kier molecular flexibility index (Phi) is 9.19. The molecule has 4 aliphatic heterocycles. The summed E-state index contributed by atoms with van der Waals surface area (Å²) in [5, 5.41) is 44.6. The number of amides is 1. The van der Waals surface area contributed by atoms with E-state index in [1.54, 1.807) is 6.08 Å². The van der Waals surface area contributed by atoms with Crippen LogP contribution in [0.2, 0.25) is 0 Å². The number of carbonyl (C=O) groups is 3. The number of aliphatic hydroxyl groups is 1. The number of aromatic amines is 1. The number of hydrogen-bond acceptors (Lipinski definition) is 8. The van der Waals surface area contributed by atoms with Gasteiger partial charge in [-0.15, -0.1) is 0 Å². The van der Waals surface area contributed by atoms with Gasteiger partial charge in [0.1, 0.15) is 5.66 Å². The Balaban J connectivity index is 1.54. The summed E-state index contributed by atoms with van der Waals surface area (Å²) in [5.74, 6) is -1.04. The maximum atomic E-state index is 12.7. The molecule has 8 atom stereocenters. The molecule has 244 valence electrons. The van der Waals surface area contributed by atoms with Crippen LogP contribution in [0.15, 0.2) is 35.4 Å². The highest BCUT2D eigenvalue weighted by Crippen LogP contribution is 2.48. The van der Waals surface area contributed by atoms with Gasteiger partial charge in [0.2, 0.25) is 5.91 Å². The van der Waals surface area contributed by atoms with Crippen LogP contribution in [0, 0.1) is 30.6 Å². The zero-order valence-electron chi connectivity index (χ0n) is 26.2. The van der Waals surface area contributed by atoms with Crippen LogP contribution >= 0.6 is 12.6 Å². The van der Waals surface area contributed by atoms with E-state index in [1.807, 2.05) is 32.9 Å². The summed E-state index contributed by atoms with van der Waals surface area (Å²) in [7, 11) is 0. The SMILES string of the molecule is C=CC1=C(O)N[C@H](/C=c2/[nH]/c(=C\C3=C(CCC(=O)O)C(C)[C@]4(N3)N[C@@H]4C3NC(=O)[C@H](C)[C@H]3CCS)c(CCC(=O)O)c2C)C1C. The number of rotatable bonds is 12. The summed E-state index contributed by atoms with van der Waals surface area (Å²) in [4.78, 5) is 39.4. The Hall–Kier alpha value is -3.64. The number of allylic oxidation sites excluding steroid dienone is 2. The van der Waals surface area contributed by atoms with E-state index in [-0.39, 0.29) is 66.4 Å². The van der Waals surface area contributed by atoms with Crippen molar-refractivity contribution < 1.29 is 29.7 Å². The van der Waals surface area contributed by atoms with Crippen LogP contribution in [-0.2, 0) is 20.8 Å². The highest BCUT2D eigenvalue weighted by molar-refractivity contribution is 7.80. The number of nitrogens with one attached hydrogen (secondary N) is 5. The molecule has 11 nitrogen and oxygen atoms in total. The topological polar surface area (TPSA) is 186 Å². The lowest BCUT2D eigenvalue weighted by molar-refractivity contribution is -0.138. The summed E-state index contributed by atoms with van der Waals surface area (Å²) in [6.07, 6.45) is 7.01. The van der Waals surface area contributed by atoms with E-state index in [0.717, 1.165) is 45.1 Å². The first-order valence-corrected chi connectivity index (χ1v) is 16.3. The van der Waals surface area contributed by atoms with Crippen LogP contribution in [0.4, 0.5) is 0 Å². The largest absolute Gasteiger partial charge is 0.495 e. The van der Waals surface area contributed by atoms with Crippen LogP contribution in [-0.4, -0.2) is 67.7 Å². The zero-order valence-corrected chi connectivity index (χ0v) is 27.1. The minimum Gasteiger partial charge on any atom is -0.495 e. The van der Waals surface area contributed by atoms with Gasteiger partial charge in [0.15, 0.2) is 5.88 Å². The minimum atomic E-state index is -0.899. The molecule has 4 aliphatic rings. The first kappa shape index (κ1) is 32.7. The molecule has 0 saturated carbocycles. The Bertz CT molecular complexity index is 1600. The van der Waals surface area contributed by atoms with Crippen molar-refractivity contribution >= 4 is 42.6 Å². The van der Waals surface area contributed by atoms with Gasteiger partial charge in [0, 0.05) is 52.6 Å². The first-order valence-electron chi connectivity index (χ1n) is 15.7. The molecule has 1 amide bonds. The lowest BCUT2D eigenvalue weighted by Crippen LogP contribution is -2.44. The fourth-order valence-electron chi connectivity index (χ4n) is 7.65. The van der Waals surface area contributed by atoms with E-state index in [4.69, 9.17) is 0 Å². The molecule has 45 heavy (non-hydrogen) atoms. The summed E-state index contributed by atoms with van der Waals surface area (Å²) in [6, 6.07) is -0.326. The standard InChI is InChI=1S/C33H45N5O6S/c1-6-19-15(2)24(35-32(19)44)13-23-16(3)20(7-9-27(39)40)25(34-23)14-26-22(8-10-28(41)42)18(5)33(37-26)30(38-33)29-21(11-12-45)17(4)31(43)36-29/h6,13-15,17-18,21,24,29-30,34-35,37-38,44-45H,1,7-12H2,2-5H3,(H,36,43)(H,39,40)(H,41,42)/b23-13+,25-14-/t15?,17-,18?,21-,24-,29?,30-,33+/m1/s1. The average Bonchev–Trinajstić information content (AvgIpc) is 3.27. The van der Waals surface area contributed by atoms with Gasteiger partial charge in [-0.1, -0.05) is 33.4 Å². The summed E-state index contributed by atoms with van der Waals surface area (Å²) < 4.78 is 0. The van der Waals surface area contributed by atoms with E-state index in [9.17, 15) is 29.7 Å². The van der Waals surface area contributed by atoms with Crippen LogP contribution in [0.5, 0.6) is 0 Å². The quantitative estimate of drug-likeness (QED) is 0.121. The van der Waals surface area contributed by atoms with Gasteiger partial charge in [0.05, 0.1) is 18.1 Å². The third kappa shape index (κ3) is 6.02. The van der Waals surface area contributed by atoms with Gasteiger partial charge in [0.25, 0.3) is 0 Å². The number of aliphatic hydroxyl groups excluding tert-OH is 1. The molecular weight excluding hydrogens is 594 g/mol. The van der Waals surface area contributed by atoms with Crippen molar-refractivity contribution in [1.29, 1.82) is 0 Å². The normalized spacial score (nSPS) is 33.2. The summed E-state index contributed by atoms with van der Waals surface area (Å²) in [5.41, 5.74) is 3.73. The molecule has 2 saturated heterocycles. The molecule has 1 aromatic heterocycles. The van der Waals surface area contributed by atoms with Gasteiger partial charge < -0.3 is 36.3 Å². The molecule has 5 rings (SSSR count). The zero-order chi connectivity index (χ0) is 32.8. The molecule has 12 heteroatoms. The molecule has 0 aromatic carbocycles. The van der Waals surface area contributed by atoms with Crippen LogP contribution in [0.25, 0.3) is 12.2 Å². The second kappa shape index (κ2) is 12.6. The van der Waals surface area contributed by atoms with Gasteiger partial charge in [-0.05, 0) is 66.7 Å². The van der Waals surface area contributed by atoms with Crippen molar-refractivity contribution in [2.75, 3.05) is 5.75 Å². The van der Waals surface area contributed by atoms with Crippen molar-refractivity contribution in [2.45, 2.75) is 83.6 Å². The van der Waals surface area contributed by atoms with Crippen LogP contribution in [0.3, 0.4) is 0 Å². The van der Waals surface area contributed by atoms with Crippen molar-refractivity contribution in [2.24, 2.45) is 23.7 Å². The Morgan fingerprint density at radius 2 is 1.73 bits per heavy atom. The van der Waals surface area contributed by atoms with Crippen LogP contribution < -0.4 is 32.0 Å². The predicted molar refractivity (Wildman–Crippen MR) is 175 cm³/mol. The Labute approximate surface area is 268 Å². The number of carbonyl (C=O) groups excluding carboxylic acids is 1. The molecule has 3 unspecified atom stereocenters. The second-order valence-electron chi connectivity index (χ2n) is 12.9. The molecule has 2 fully saturated rings. The van der Waals surface area contributed by atoms with E-state index in [0.29, 0.717) is 18.6 Å². The van der Waals surface area contributed by atoms with Gasteiger partial charge in [-0.2, -0.15) is 12.6 Å².